The molecule has 2 aromatic rings. The molecule has 1 N–H and O–H groups in total. The van der Waals surface area contributed by atoms with Gasteiger partial charge in [0.25, 0.3) is 11.8 Å². The van der Waals surface area contributed by atoms with Gasteiger partial charge in [-0.15, -0.1) is 0 Å². The molecule has 0 atom stereocenters. The quantitative estimate of drug-likeness (QED) is 0.607. The Morgan fingerprint density at radius 3 is 2.52 bits per heavy atom. The van der Waals surface area contributed by atoms with Gasteiger partial charge in [0.1, 0.15) is 18.9 Å². The van der Waals surface area contributed by atoms with E-state index in [9.17, 15) is 14.4 Å². The molecule has 2 aliphatic rings. The molecule has 0 radical (unpaired) electrons. The van der Waals surface area contributed by atoms with Gasteiger partial charge in [-0.05, 0) is 24.3 Å². The molecule has 3 amide bonds. The summed E-state index contributed by atoms with van der Waals surface area (Å²) in [4.78, 5) is 37.4. The van der Waals surface area contributed by atoms with Crippen LogP contribution in [0.15, 0.2) is 42.5 Å². The summed E-state index contributed by atoms with van der Waals surface area (Å²) >= 11 is 0. The van der Waals surface area contributed by atoms with Crippen LogP contribution in [0, 0.1) is 11.8 Å². The van der Waals surface area contributed by atoms with E-state index >= 15 is 0 Å². The molecular weight excluding hydrogens is 376 g/mol. The molecule has 2 aliphatic heterocycles. The predicted octanol–water partition coefficient (Wildman–Crippen LogP) is 1.21. The highest BCUT2D eigenvalue weighted by Crippen LogP contribution is 2.34. The number of nitrogens with one attached hydrogen (secondary N) is 1. The van der Waals surface area contributed by atoms with Crippen molar-refractivity contribution in [1.29, 1.82) is 0 Å². The van der Waals surface area contributed by atoms with Crippen molar-refractivity contribution in [2.75, 3.05) is 26.5 Å². The molecule has 0 fully saturated rings. The van der Waals surface area contributed by atoms with Crippen LogP contribution < -0.4 is 19.5 Å². The molecule has 0 saturated carbocycles. The normalized spacial score (nSPS) is 13.6. The van der Waals surface area contributed by atoms with E-state index < -0.39 is 17.7 Å². The predicted molar refractivity (Wildman–Crippen MR) is 101 cm³/mol. The highest BCUT2D eigenvalue weighted by molar-refractivity contribution is 6.22. The van der Waals surface area contributed by atoms with Gasteiger partial charge in [0.2, 0.25) is 12.7 Å². The minimum absolute atomic E-state index is 0.0759. The fourth-order valence-electron chi connectivity index (χ4n) is 2.92. The Labute approximate surface area is 166 Å². The Morgan fingerprint density at radius 2 is 1.76 bits per heavy atom. The van der Waals surface area contributed by atoms with Crippen LogP contribution in [0.2, 0.25) is 0 Å². The number of hydrogen-bond donors (Lipinski definition) is 1. The van der Waals surface area contributed by atoms with Gasteiger partial charge in [-0.2, -0.15) is 0 Å². The molecule has 0 unspecified atom stereocenters. The molecule has 29 heavy (non-hydrogen) atoms. The van der Waals surface area contributed by atoms with Gasteiger partial charge in [0.15, 0.2) is 11.5 Å². The maximum absolute atomic E-state index is 12.2. The fraction of sp³-hybridized carbons (Fsp3) is 0.190. The standard InChI is InChI=1S/C21H16N2O6/c24-19(12-23-20(25)15-5-1-2-6-16(15)21(23)26)22-9-3-4-10-27-14-7-8-17-18(11-14)29-13-28-17/h1-2,5-8,11H,9-10,12-13H2,(H,22,24). The number of fused-ring (bicyclic) bond motifs is 2. The van der Waals surface area contributed by atoms with Crippen molar-refractivity contribution in [2.45, 2.75) is 0 Å². The number of rotatable bonds is 5. The molecule has 0 spiro atoms. The molecule has 8 nitrogen and oxygen atoms in total. The van der Waals surface area contributed by atoms with Crippen molar-refractivity contribution in [2.24, 2.45) is 0 Å². The zero-order chi connectivity index (χ0) is 20.2. The third kappa shape index (κ3) is 3.84. The van der Waals surface area contributed by atoms with Crippen molar-refractivity contribution < 1.29 is 28.6 Å². The Balaban J connectivity index is 1.21. The summed E-state index contributed by atoms with van der Waals surface area (Å²) in [5, 5.41) is 2.56. The van der Waals surface area contributed by atoms with E-state index in [1.54, 1.807) is 42.5 Å². The SMILES string of the molecule is O=C(CN1C(=O)c2ccccc2C1=O)NCC#CCOc1ccc2c(c1)OCO2. The number of amides is 3. The highest BCUT2D eigenvalue weighted by Gasteiger charge is 2.36. The highest BCUT2D eigenvalue weighted by atomic mass is 16.7. The van der Waals surface area contributed by atoms with Crippen molar-refractivity contribution in [3.8, 4) is 29.1 Å². The van der Waals surface area contributed by atoms with Crippen LogP contribution in [0.4, 0.5) is 0 Å². The van der Waals surface area contributed by atoms with E-state index in [4.69, 9.17) is 14.2 Å². The third-order valence-electron chi connectivity index (χ3n) is 4.33. The smallest absolute Gasteiger partial charge is 0.262 e. The van der Waals surface area contributed by atoms with E-state index in [0.29, 0.717) is 28.4 Å². The number of imide groups is 1. The monoisotopic (exact) mass is 392 g/mol. The zero-order valence-electron chi connectivity index (χ0n) is 15.3. The summed E-state index contributed by atoms with van der Waals surface area (Å²) in [7, 11) is 0. The molecule has 4 rings (SSSR count). The number of nitrogens with zero attached hydrogens (tertiary/aromatic N) is 1. The van der Waals surface area contributed by atoms with Gasteiger partial charge in [0, 0.05) is 6.07 Å². The maximum Gasteiger partial charge on any atom is 0.262 e. The topological polar surface area (TPSA) is 94.2 Å². The van der Waals surface area contributed by atoms with E-state index in [2.05, 4.69) is 17.2 Å². The summed E-state index contributed by atoms with van der Waals surface area (Å²) in [5.41, 5.74) is 0.622. The van der Waals surface area contributed by atoms with Gasteiger partial charge >= 0.3 is 0 Å². The molecule has 0 bridgehead atoms. The Kier molecular flexibility index (Phi) is 5.03. The second kappa shape index (κ2) is 7.94. The van der Waals surface area contributed by atoms with Crippen molar-refractivity contribution >= 4 is 17.7 Å². The summed E-state index contributed by atoms with van der Waals surface area (Å²) in [6.45, 7) is 0.0567. The first-order chi connectivity index (χ1) is 14.1. The molecule has 0 aliphatic carbocycles. The van der Waals surface area contributed by atoms with Crippen molar-refractivity contribution in [3.63, 3.8) is 0 Å². The second-order valence-electron chi connectivity index (χ2n) is 6.18. The second-order valence-corrected chi connectivity index (χ2v) is 6.18. The van der Waals surface area contributed by atoms with Crippen molar-refractivity contribution in [1.82, 2.24) is 10.2 Å². The molecule has 2 heterocycles. The van der Waals surface area contributed by atoms with Crippen LogP contribution in [0.25, 0.3) is 0 Å². The third-order valence-corrected chi connectivity index (χ3v) is 4.33. The molecule has 146 valence electrons. The van der Waals surface area contributed by atoms with Crippen LogP contribution in [0.3, 0.4) is 0 Å². The average molecular weight is 392 g/mol. The first-order valence-electron chi connectivity index (χ1n) is 8.83. The number of carbonyl (C=O) groups is 3. The van der Waals surface area contributed by atoms with E-state index in [0.717, 1.165) is 4.90 Å². The minimum atomic E-state index is -0.469. The lowest BCUT2D eigenvalue weighted by Crippen LogP contribution is -2.40. The van der Waals surface area contributed by atoms with Gasteiger partial charge in [-0.3, -0.25) is 19.3 Å². The zero-order valence-corrected chi connectivity index (χ0v) is 15.3. The first-order valence-corrected chi connectivity index (χ1v) is 8.83. The van der Waals surface area contributed by atoms with Gasteiger partial charge in [-0.25, -0.2) is 0 Å². The average Bonchev–Trinajstić information content (AvgIpc) is 3.29. The maximum atomic E-state index is 12.2. The van der Waals surface area contributed by atoms with Gasteiger partial charge in [-0.1, -0.05) is 24.0 Å². The summed E-state index contributed by atoms with van der Waals surface area (Å²) in [6, 6.07) is 11.7. The molecule has 0 aromatic heterocycles. The lowest BCUT2D eigenvalue weighted by Gasteiger charge is -2.12. The summed E-state index contributed by atoms with van der Waals surface area (Å²) in [5.74, 6) is 6.01. The number of carbonyl (C=O) groups excluding carboxylic acids is 3. The lowest BCUT2D eigenvalue weighted by atomic mass is 10.1. The fourth-order valence-corrected chi connectivity index (χ4v) is 2.92. The minimum Gasteiger partial charge on any atom is -0.481 e. The van der Waals surface area contributed by atoms with Crippen LogP contribution in [0.5, 0.6) is 17.2 Å². The Bertz CT molecular complexity index is 1020. The molecule has 0 saturated heterocycles. The molecular formula is C21H16N2O6. The number of benzene rings is 2. The van der Waals surface area contributed by atoms with Crippen LogP contribution in [0.1, 0.15) is 20.7 Å². The summed E-state index contributed by atoms with van der Waals surface area (Å²) in [6.07, 6.45) is 0. The molecule has 2 aromatic carbocycles. The van der Waals surface area contributed by atoms with E-state index in [1.165, 1.54) is 0 Å². The van der Waals surface area contributed by atoms with Crippen molar-refractivity contribution in [3.05, 3.63) is 53.6 Å². The van der Waals surface area contributed by atoms with Gasteiger partial charge in [0.05, 0.1) is 17.7 Å². The van der Waals surface area contributed by atoms with Crippen LogP contribution in [-0.4, -0.2) is 49.1 Å². The van der Waals surface area contributed by atoms with E-state index in [1.807, 2.05) is 0 Å². The van der Waals surface area contributed by atoms with E-state index in [-0.39, 0.29) is 26.5 Å². The number of ether oxygens (including phenoxy) is 3. The summed E-state index contributed by atoms with van der Waals surface area (Å²) < 4.78 is 16.0. The Hall–Kier alpha value is -3.99. The Morgan fingerprint density at radius 1 is 1.03 bits per heavy atom. The largest absolute Gasteiger partial charge is 0.481 e. The van der Waals surface area contributed by atoms with Crippen LogP contribution >= 0.6 is 0 Å². The first kappa shape index (κ1) is 18.4. The molecule has 8 heteroatoms. The number of hydrogen-bond acceptors (Lipinski definition) is 6. The van der Waals surface area contributed by atoms with Crippen LogP contribution in [-0.2, 0) is 4.79 Å². The lowest BCUT2D eigenvalue weighted by molar-refractivity contribution is -0.121. The van der Waals surface area contributed by atoms with Gasteiger partial charge < -0.3 is 19.5 Å².